The van der Waals surface area contributed by atoms with Crippen LogP contribution >= 0.6 is 11.6 Å². The molecule has 152 valence electrons. The van der Waals surface area contributed by atoms with Crippen molar-refractivity contribution in [2.24, 2.45) is 0 Å². The summed E-state index contributed by atoms with van der Waals surface area (Å²) < 4.78 is 0. The van der Waals surface area contributed by atoms with Crippen molar-refractivity contribution in [2.75, 3.05) is 10.6 Å². The van der Waals surface area contributed by atoms with Crippen LogP contribution in [-0.4, -0.2) is 20.2 Å². The quantitative estimate of drug-likeness (QED) is 0.306. The molecule has 0 spiro atoms. The van der Waals surface area contributed by atoms with Crippen LogP contribution in [0, 0.1) is 0 Å². The number of nitrogens with zero attached hydrogens (tertiary/aromatic N) is 3. The predicted molar refractivity (Wildman–Crippen MR) is 125 cm³/mol. The average molecular weight is 427 g/mol. The molecule has 0 atom stereocenters. The fourth-order valence-corrected chi connectivity index (χ4v) is 3.57. The smallest absolute Gasteiger partial charge is 0.188 e. The zero-order valence-electron chi connectivity index (χ0n) is 16.5. The first-order valence-corrected chi connectivity index (χ1v) is 10.3. The van der Waals surface area contributed by atoms with Crippen LogP contribution in [0.2, 0.25) is 5.02 Å². The van der Waals surface area contributed by atoms with Crippen molar-refractivity contribution in [1.29, 1.82) is 0 Å². The number of anilines is 4. The normalized spacial score (nSPS) is 10.9. The Morgan fingerprint density at radius 3 is 2.29 bits per heavy atom. The van der Waals surface area contributed by atoms with Crippen molar-refractivity contribution >= 4 is 45.6 Å². The number of halogens is 1. The van der Waals surface area contributed by atoms with E-state index in [2.05, 4.69) is 33.0 Å². The van der Waals surface area contributed by atoms with Crippen molar-refractivity contribution in [3.05, 3.63) is 101 Å². The van der Waals surface area contributed by atoms with Crippen LogP contribution < -0.4 is 10.6 Å². The molecule has 2 heterocycles. The molecule has 0 amide bonds. The second kappa shape index (κ2) is 8.45. The molecule has 3 N–H and O–H groups in total. The van der Waals surface area contributed by atoms with Crippen LogP contribution in [0.25, 0.3) is 11.0 Å². The highest BCUT2D eigenvalue weighted by molar-refractivity contribution is 6.30. The minimum absolute atomic E-state index is 0.587. The van der Waals surface area contributed by atoms with Gasteiger partial charge in [-0.05, 0) is 35.9 Å². The minimum atomic E-state index is 0.587. The third kappa shape index (κ3) is 4.34. The fourth-order valence-electron chi connectivity index (χ4n) is 3.38. The van der Waals surface area contributed by atoms with Crippen LogP contribution in [0.3, 0.4) is 0 Å². The van der Waals surface area contributed by atoms with Crippen LogP contribution in [0.15, 0.2) is 84.9 Å². The number of aromatic nitrogens is 4. The highest BCUT2D eigenvalue weighted by Gasteiger charge is 2.16. The molecule has 0 aliphatic heterocycles. The summed E-state index contributed by atoms with van der Waals surface area (Å²) >= 11 is 6.14. The predicted octanol–water partition coefficient (Wildman–Crippen LogP) is 6.08. The van der Waals surface area contributed by atoms with Crippen LogP contribution in [0.1, 0.15) is 11.4 Å². The maximum atomic E-state index is 6.14. The Kier molecular flexibility index (Phi) is 5.21. The van der Waals surface area contributed by atoms with E-state index < -0.39 is 0 Å². The Bertz CT molecular complexity index is 1320. The van der Waals surface area contributed by atoms with Gasteiger partial charge in [0, 0.05) is 22.8 Å². The zero-order chi connectivity index (χ0) is 21.0. The Balaban J connectivity index is 1.57. The monoisotopic (exact) mass is 426 g/mol. The number of hydrogen-bond donors (Lipinski definition) is 3. The van der Waals surface area contributed by atoms with E-state index in [0.717, 1.165) is 22.3 Å². The molecular formula is C24H19ClN6. The molecule has 0 saturated heterocycles. The van der Waals surface area contributed by atoms with Gasteiger partial charge in [-0.25, -0.2) is 9.97 Å². The van der Waals surface area contributed by atoms with Crippen molar-refractivity contribution in [3.8, 4) is 0 Å². The van der Waals surface area contributed by atoms with E-state index in [1.807, 2.05) is 72.8 Å². The maximum absolute atomic E-state index is 6.14. The molecule has 0 bridgehead atoms. The van der Waals surface area contributed by atoms with Gasteiger partial charge in [-0.1, -0.05) is 66.2 Å². The average Bonchev–Trinajstić information content (AvgIpc) is 3.18. The molecule has 7 heteroatoms. The van der Waals surface area contributed by atoms with Gasteiger partial charge in [-0.15, -0.1) is 0 Å². The molecule has 0 aliphatic carbocycles. The van der Waals surface area contributed by atoms with E-state index in [9.17, 15) is 0 Å². The van der Waals surface area contributed by atoms with Crippen LogP contribution in [0.4, 0.5) is 23.0 Å². The summed E-state index contributed by atoms with van der Waals surface area (Å²) in [6, 6.07) is 27.6. The van der Waals surface area contributed by atoms with E-state index >= 15 is 0 Å². The van der Waals surface area contributed by atoms with Crippen molar-refractivity contribution < 1.29 is 0 Å². The highest BCUT2D eigenvalue weighted by Crippen LogP contribution is 2.31. The van der Waals surface area contributed by atoms with Gasteiger partial charge < -0.3 is 10.6 Å². The summed E-state index contributed by atoms with van der Waals surface area (Å²) in [5.74, 6) is 2.07. The summed E-state index contributed by atoms with van der Waals surface area (Å²) in [7, 11) is 0. The summed E-state index contributed by atoms with van der Waals surface area (Å²) in [6.45, 7) is 0. The number of aromatic amines is 1. The van der Waals surface area contributed by atoms with Crippen molar-refractivity contribution in [1.82, 2.24) is 20.2 Å². The lowest BCUT2D eigenvalue weighted by Gasteiger charge is -2.11. The summed E-state index contributed by atoms with van der Waals surface area (Å²) in [5, 5.41) is 15.7. The molecule has 5 rings (SSSR count). The number of fused-ring (bicyclic) bond motifs is 1. The largest absolute Gasteiger partial charge is 0.340 e. The molecule has 0 radical (unpaired) electrons. The fraction of sp³-hybridized carbons (Fsp3) is 0.0417. The third-order valence-electron chi connectivity index (χ3n) is 4.80. The lowest BCUT2D eigenvalue weighted by atomic mass is 10.1. The van der Waals surface area contributed by atoms with E-state index in [0.29, 0.717) is 34.6 Å². The zero-order valence-corrected chi connectivity index (χ0v) is 17.3. The molecule has 0 unspecified atom stereocenters. The molecular weight excluding hydrogens is 408 g/mol. The third-order valence-corrected chi connectivity index (χ3v) is 5.03. The maximum Gasteiger partial charge on any atom is 0.188 e. The number of rotatable bonds is 6. The topological polar surface area (TPSA) is 78.5 Å². The highest BCUT2D eigenvalue weighted by atomic mass is 35.5. The SMILES string of the molecule is Clc1cccc(Nc2[nH]nc3nc(Cc4ccccc4)nc(Nc4ccccc4)c23)c1. The molecule has 2 aromatic heterocycles. The van der Waals surface area contributed by atoms with Crippen LogP contribution in [-0.2, 0) is 6.42 Å². The molecule has 0 saturated carbocycles. The second-order valence-corrected chi connectivity index (χ2v) is 7.51. The van der Waals surface area contributed by atoms with E-state index in [-0.39, 0.29) is 0 Å². The van der Waals surface area contributed by atoms with E-state index in [1.165, 1.54) is 0 Å². The number of nitrogens with one attached hydrogen (secondary N) is 3. The molecule has 0 aliphatic rings. The van der Waals surface area contributed by atoms with Gasteiger partial charge in [0.1, 0.15) is 22.8 Å². The van der Waals surface area contributed by atoms with Gasteiger partial charge in [0.25, 0.3) is 0 Å². The van der Waals surface area contributed by atoms with Gasteiger partial charge in [0.15, 0.2) is 5.65 Å². The van der Waals surface area contributed by atoms with Gasteiger partial charge in [0.05, 0.1) is 0 Å². The number of H-pyrrole nitrogens is 1. The molecule has 5 aromatic rings. The first-order valence-electron chi connectivity index (χ1n) is 9.88. The molecule has 0 fully saturated rings. The Morgan fingerprint density at radius 1 is 0.774 bits per heavy atom. The Hall–Kier alpha value is -3.90. The molecule has 31 heavy (non-hydrogen) atoms. The lowest BCUT2D eigenvalue weighted by molar-refractivity contribution is 0.981. The van der Waals surface area contributed by atoms with E-state index in [1.54, 1.807) is 0 Å². The van der Waals surface area contributed by atoms with Gasteiger partial charge in [0.2, 0.25) is 0 Å². The first kappa shape index (κ1) is 19.1. The Morgan fingerprint density at radius 2 is 1.52 bits per heavy atom. The Labute approximate surface area is 184 Å². The van der Waals surface area contributed by atoms with Gasteiger partial charge >= 0.3 is 0 Å². The number of para-hydroxylation sites is 1. The summed E-state index contributed by atoms with van der Waals surface area (Å²) in [5.41, 5.74) is 3.50. The minimum Gasteiger partial charge on any atom is -0.340 e. The van der Waals surface area contributed by atoms with Gasteiger partial charge in [-0.2, -0.15) is 5.10 Å². The second-order valence-electron chi connectivity index (χ2n) is 7.07. The number of hydrogen-bond acceptors (Lipinski definition) is 5. The van der Waals surface area contributed by atoms with Gasteiger partial charge in [-0.3, -0.25) is 5.10 Å². The first-order chi connectivity index (χ1) is 15.2. The van der Waals surface area contributed by atoms with Crippen LogP contribution in [0.5, 0.6) is 0 Å². The summed E-state index contributed by atoms with van der Waals surface area (Å²) in [4.78, 5) is 9.53. The molecule has 6 nitrogen and oxygen atoms in total. The molecule has 3 aromatic carbocycles. The lowest BCUT2D eigenvalue weighted by Crippen LogP contribution is -2.03. The summed E-state index contributed by atoms with van der Waals surface area (Å²) in [6.07, 6.45) is 0.615. The van der Waals surface area contributed by atoms with Crippen molar-refractivity contribution in [3.63, 3.8) is 0 Å². The number of benzene rings is 3. The van der Waals surface area contributed by atoms with Crippen molar-refractivity contribution in [2.45, 2.75) is 6.42 Å². The van der Waals surface area contributed by atoms with E-state index in [4.69, 9.17) is 21.6 Å². The standard InChI is InChI=1S/C24H19ClN6/c25-17-10-7-13-19(15-17)27-23-21-22(26-18-11-5-2-6-12-18)28-20(29-24(21)31-30-23)14-16-8-3-1-4-9-16/h1-13,15H,14H2,(H3,26,27,28,29,30,31).